The number of amides is 1. The van der Waals surface area contributed by atoms with Gasteiger partial charge in [0.05, 0.1) is 18.6 Å². The number of fused-ring (bicyclic) bond motifs is 1. The number of carbonyl (C=O) groups excluding carboxylic acids is 1. The maximum atomic E-state index is 12.8. The molecule has 1 aliphatic rings. The largest absolute Gasteiger partial charge is 0.497 e. The minimum absolute atomic E-state index is 0.258. The molecule has 5 nitrogen and oxygen atoms in total. The third-order valence-corrected chi connectivity index (χ3v) is 4.84. The van der Waals surface area contributed by atoms with E-state index in [-0.39, 0.29) is 11.7 Å². The van der Waals surface area contributed by atoms with Crippen LogP contribution in [0.1, 0.15) is 23.4 Å². The Morgan fingerprint density at radius 1 is 1.27 bits per heavy atom. The Morgan fingerprint density at radius 3 is 2.69 bits per heavy atom. The van der Waals surface area contributed by atoms with E-state index in [1.54, 1.807) is 13.2 Å². The number of ether oxygens (including phenoxy) is 1. The molecule has 0 saturated heterocycles. The van der Waals surface area contributed by atoms with Crippen molar-refractivity contribution < 1.29 is 13.9 Å². The molecule has 4 rings (SSSR count). The Kier molecular flexibility index (Phi) is 3.89. The van der Waals surface area contributed by atoms with E-state index in [1.165, 1.54) is 0 Å². The number of furan rings is 1. The molecule has 3 aromatic rings. The first kappa shape index (κ1) is 16.2. The van der Waals surface area contributed by atoms with Crippen LogP contribution in [0.2, 0.25) is 0 Å². The quantitative estimate of drug-likeness (QED) is 0.753. The summed E-state index contributed by atoms with van der Waals surface area (Å²) in [5, 5.41) is 12.9. The highest BCUT2D eigenvalue weighted by molar-refractivity contribution is 6.08. The van der Waals surface area contributed by atoms with Gasteiger partial charge in [0.15, 0.2) is 0 Å². The fourth-order valence-electron chi connectivity index (χ4n) is 3.06. The Hall–Kier alpha value is -3.26. The van der Waals surface area contributed by atoms with Crippen molar-refractivity contribution in [1.82, 2.24) is 5.32 Å². The fourth-order valence-corrected chi connectivity index (χ4v) is 3.06. The molecule has 130 valence electrons. The molecule has 1 heterocycles. The van der Waals surface area contributed by atoms with Crippen LogP contribution in [0.5, 0.6) is 5.75 Å². The van der Waals surface area contributed by atoms with Crippen molar-refractivity contribution in [2.24, 2.45) is 5.41 Å². The Balaban J connectivity index is 1.77. The minimum Gasteiger partial charge on any atom is -0.497 e. The Labute approximate surface area is 151 Å². The smallest absolute Gasteiger partial charge is 0.287 e. The van der Waals surface area contributed by atoms with Crippen molar-refractivity contribution in [2.45, 2.75) is 12.8 Å². The van der Waals surface area contributed by atoms with Crippen LogP contribution in [-0.2, 0) is 0 Å². The molecule has 26 heavy (non-hydrogen) atoms. The molecule has 0 atom stereocenters. The van der Waals surface area contributed by atoms with E-state index < -0.39 is 5.41 Å². The average molecular weight is 346 g/mol. The number of nitrogens with zero attached hydrogens (tertiary/aromatic N) is 1. The summed E-state index contributed by atoms with van der Waals surface area (Å²) in [6.45, 7) is 0.344. The summed E-state index contributed by atoms with van der Waals surface area (Å²) < 4.78 is 11.2. The zero-order valence-corrected chi connectivity index (χ0v) is 14.4. The molecule has 1 aromatic heterocycles. The van der Waals surface area contributed by atoms with Gasteiger partial charge in [0.2, 0.25) is 5.76 Å². The first-order valence-corrected chi connectivity index (χ1v) is 8.51. The van der Waals surface area contributed by atoms with Crippen LogP contribution in [0.15, 0.2) is 52.9 Å². The zero-order valence-electron chi connectivity index (χ0n) is 14.4. The van der Waals surface area contributed by atoms with Crippen molar-refractivity contribution in [3.8, 4) is 22.9 Å². The summed E-state index contributed by atoms with van der Waals surface area (Å²) in [6.07, 6.45) is 1.65. The standard InChI is InChI=1S/C21H18N2O3/c1-25-15-7-8-16-17(11-15)26-19(18(16)14-5-3-2-4-6-14)20(24)23-13-21(12-22)9-10-21/h2-8,11H,9-10,13H2,1H3,(H,23,24). The van der Waals surface area contributed by atoms with Crippen LogP contribution >= 0.6 is 0 Å². The highest BCUT2D eigenvalue weighted by Crippen LogP contribution is 2.44. The van der Waals surface area contributed by atoms with E-state index in [9.17, 15) is 10.1 Å². The van der Waals surface area contributed by atoms with Gasteiger partial charge in [-0.05, 0) is 30.5 Å². The normalized spacial score (nSPS) is 14.6. The van der Waals surface area contributed by atoms with Gasteiger partial charge in [-0.3, -0.25) is 4.79 Å². The second kappa shape index (κ2) is 6.23. The van der Waals surface area contributed by atoms with Crippen LogP contribution in [0, 0.1) is 16.7 Å². The Morgan fingerprint density at radius 2 is 2.04 bits per heavy atom. The molecule has 1 saturated carbocycles. The summed E-state index contributed by atoms with van der Waals surface area (Å²) in [7, 11) is 1.59. The maximum absolute atomic E-state index is 12.8. The molecule has 0 unspecified atom stereocenters. The molecule has 0 bridgehead atoms. The van der Waals surface area contributed by atoms with Crippen molar-refractivity contribution in [3.63, 3.8) is 0 Å². The highest BCUT2D eigenvalue weighted by atomic mass is 16.5. The minimum atomic E-state index is -0.405. The third-order valence-electron chi connectivity index (χ3n) is 4.84. The van der Waals surface area contributed by atoms with Gasteiger partial charge >= 0.3 is 0 Å². The number of benzene rings is 2. The predicted molar refractivity (Wildman–Crippen MR) is 97.8 cm³/mol. The number of nitriles is 1. The number of methoxy groups -OCH3 is 1. The molecule has 0 radical (unpaired) electrons. The topological polar surface area (TPSA) is 75.3 Å². The lowest BCUT2D eigenvalue weighted by atomic mass is 10.0. The number of nitrogens with one attached hydrogen (secondary N) is 1. The first-order valence-electron chi connectivity index (χ1n) is 8.51. The number of hydrogen-bond donors (Lipinski definition) is 1. The third kappa shape index (κ3) is 2.80. The van der Waals surface area contributed by atoms with Gasteiger partial charge < -0.3 is 14.5 Å². The first-order chi connectivity index (χ1) is 12.7. The second-order valence-corrected chi connectivity index (χ2v) is 6.61. The van der Waals surface area contributed by atoms with Crippen LogP contribution in [0.4, 0.5) is 0 Å². The molecular formula is C21H18N2O3. The van der Waals surface area contributed by atoms with Gasteiger partial charge in [0.25, 0.3) is 5.91 Å². The van der Waals surface area contributed by atoms with E-state index in [0.717, 1.165) is 29.4 Å². The molecule has 1 amide bonds. The van der Waals surface area contributed by atoms with Gasteiger partial charge in [-0.15, -0.1) is 0 Å². The lowest BCUT2D eigenvalue weighted by Gasteiger charge is -2.08. The van der Waals surface area contributed by atoms with Gasteiger partial charge in [0, 0.05) is 23.6 Å². The maximum Gasteiger partial charge on any atom is 0.287 e. The van der Waals surface area contributed by atoms with E-state index in [0.29, 0.717) is 17.9 Å². The molecule has 0 spiro atoms. The second-order valence-electron chi connectivity index (χ2n) is 6.61. The SMILES string of the molecule is COc1ccc2c(-c3ccccc3)c(C(=O)NCC3(C#N)CC3)oc2c1. The molecule has 1 N–H and O–H groups in total. The van der Waals surface area contributed by atoms with E-state index in [2.05, 4.69) is 11.4 Å². The summed E-state index contributed by atoms with van der Waals surface area (Å²) in [5.41, 5.74) is 1.85. The van der Waals surface area contributed by atoms with Gasteiger partial charge in [0.1, 0.15) is 11.3 Å². The van der Waals surface area contributed by atoms with Crippen molar-refractivity contribution in [1.29, 1.82) is 5.26 Å². The highest BCUT2D eigenvalue weighted by Gasteiger charge is 2.43. The molecule has 0 aliphatic heterocycles. The van der Waals surface area contributed by atoms with Crippen LogP contribution < -0.4 is 10.1 Å². The summed E-state index contributed by atoms with van der Waals surface area (Å²) in [4.78, 5) is 12.8. The number of hydrogen-bond acceptors (Lipinski definition) is 4. The lowest BCUT2D eigenvalue weighted by molar-refractivity contribution is 0.0924. The van der Waals surface area contributed by atoms with Gasteiger partial charge in [-0.2, -0.15) is 5.26 Å². The monoisotopic (exact) mass is 346 g/mol. The van der Waals surface area contributed by atoms with E-state index in [4.69, 9.17) is 9.15 Å². The van der Waals surface area contributed by atoms with Crippen LogP contribution in [0.25, 0.3) is 22.1 Å². The van der Waals surface area contributed by atoms with Gasteiger partial charge in [-0.25, -0.2) is 0 Å². The van der Waals surface area contributed by atoms with Crippen molar-refractivity contribution in [2.75, 3.05) is 13.7 Å². The lowest BCUT2D eigenvalue weighted by Crippen LogP contribution is -2.29. The number of carbonyl (C=O) groups is 1. The molecule has 1 fully saturated rings. The molecule has 5 heteroatoms. The van der Waals surface area contributed by atoms with E-state index in [1.807, 2.05) is 42.5 Å². The predicted octanol–water partition coefficient (Wildman–Crippen LogP) is 4.14. The van der Waals surface area contributed by atoms with Crippen LogP contribution in [0.3, 0.4) is 0 Å². The molecule has 1 aliphatic carbocycles. The summed E-state index contributed by atoms with van der Waals surface area (Å²) in [6, 6.07) is 17.5. The van der Waals surface area contributed by atoms with Crippen molar-refractivity contribution >= 4 is 16.9 Å². The fraction of sp³-hybridized carbons (Fsp3) is 0.238. The van der Waals surface area contributed by atoms with E-state index >= 15 is 0 Å². The van der Waals surface area contributed by atoms with Crippen LogP contribution in [-0.4, -0.2) is 19.6 Å². The zero-order chi connectivity index (χ0) is 18.1. The average Bonchev–Trinajstić information content (AvgIpc) is 3.38. The summed E-state index contributed by atoms with van der Waals surface area (Å²) >= 11 is 0. The van der Waals surface area contributed by atoms with Crippen molar-refractivity contribution in [3.05, 3.63) is 54.3 Å². The Bertz CT molecular complexity index is 1010. The molecular weight excluding hydrogens is 328 g/mol. The summed E-state index contributed by atoms with van der Waals surface area (Å²) in [5.74, 6) is 0.618. The molecule has 2 aromatic carbocycles. The van der Waals surface area contributed by atoms with Gasteiger partial charge in [-0.1, -0.05) is 30.3 Å². The number of rotatable bonds is 5.